The van der Waals surface area contributed by atoms with Crippen molar-refractivity contribution in [3.05, 3.63) is 23.8 Å². The quantitative estimate of drug-likeness (QED) is 0.772. The first-order chi connectivity index (χ1) is 7.17. The van der Waals surface area contributed by atoms with Crippen molar-refractivity contribution in [2.24, 2.45) is 0 Å². The van der Waals surface area contributed by atoms with Crippen LogP contribution in [0.1, 0.15) is 23.7 Å². The number of esters is 1. The van der Waals surface area contributed by atoms with Crippen LogP contribution in [0.5, 0.6) is 11.5 Å². The van der Waals surface area contributed by atoms with E-state index >= 15 is 0 Å². The van der Waals surface area contributed by atoms with Crippen LogP contribution < -0.4 is 4.74 Å². The number of methoxy groups -OCH3 is 1. The second-order valence-electron chi connectivity index (χ2n) is 3.06. The Morgan fingerprint density at radius 1 is 1.40 bits per heavy atom. The Balaban J connectivity index is 2.89. The van der Waals surface area contributed by atoms with Crippen LogP contribution in [0.2, 0.25) is 0 Å². The smallest absolute Gasteiger partial charge is 0.338 e. The predicted molar refractivity (Wildman–Crippen MR) is 55.2 cm³/mol. The summed E-state index contributed by atoms with van der Waals surface area (Å²) < 4.78 is 9.85. The molecule has 0 radical (unpaired) electrons. The molecule has 0 atom stereocenters. The molecule has 0 fully saturated rings. The van der Waals surface area contributed by atoms with E-state index in [0.717, 1.165) is 6.42 Å². The summed E-state index contributed by atoms with van der Waals surface area (Å²) in [4.78, 5) is 11.2. The Bertz CT molecular complexity index is 346. The van der Waals surface area contributed by atoms with E-state index in [1.165, 1.54) is 19.2 Å². The highest BCUT2D eigenvalue weighted by Gasteiger charge is 2.08. The average Bonchev–Trinajstić information content (AvgIpc) is 2.24. The maximum atomic E-state index is 11.2. The molecule has 82 valence electrons. The van der Waals surface area contributed by atoms with Crippen molar-refractivity contribution in [2.45, 2.75) is 13.3 Å². The molecule has 1 aromatic rings. The standard InChI is InChI=1S/C11H14O4/c1-3-4-15-10-6-8(11(13)14-2)5-9(12)7-10/h5-7,12H,3-4H2,1-2H3. The Morgan fingerprint density at radius 2 is 2.13 bits per heavy atom. The summed E-state index contributed by atoms with van der Waals surface area (Å²) in [7, 11) is 1.29. The monoisotopic (exact) mass is 210 g/mol. The molecule has 0 aliphatic heterocycles. The van der Waals surface area contributed by atoms with Crippen molar-refractivity contribution >= 4 is 5.97 Å². The van der Waals surface area contributed by atoms with Gasteiger partial charge < -0.3 is 14.6 Å². The van der Waals surface area contributed by atoms with Crippen LogP contribution in [0.25, 0.3) is 0 Å². The maximum absolute atomic E-state index is 11.2. The zero-order valence-corrected chi connectivity index (χ0v) is 8.82. The molecule has 1 aromatic carbocycles. The lowest BCUT2D eigenvalue weighted by atomic mass is 10.2. The fourth-order valence-electron chi connectivity index (χ4n) is 1.12. The highest BCUT2D eigenvalue weighted by molar-refractivity contribution is 5.90. The van der Waals surface area contributed by atoms with E-state index < -0.39 is 5.97 Å². The summed E-state index contributed by atoms with van der Waals surface area (Å²) >= 11 is 0. The van der Waals surface area contributed by atoms with E-state index in [2.05, 4.69) is 4.74 Å². The minimum absolute atomic E-state index is 0.0102. The Hall–Kier alpha value is -1.71. The van der Waals surface area contributed by atoms with Gasteiger partial charge in [0.25, 0.3) is 0 Å². The third kappa shape index (κ3) is 3.16. The number of carbonyl (C=O) groups is 1. The van der Waals surface area contributed by atoms with Gasteiger partial charge in [-0.15, -0.1) is 0 Å². The van der Waals surface area contributed by atoms with Crippen molar-refractivity contribution < 1.29 is 19.4 Å². The number of aromatic hydroxyl groups is 1. The normalized spacial score (nSPS) is 9.73. The summed E-state index contributed by atoms with van der Waals surface area (Å²) in [5.74, 6) is -0.0338. The van der Waals surface area contributed by atoms with E-state index in [9.17, 15) is 9.90 Å². The lowest BCUT2D eigenvalue weighted by Crippen LogP contribution is -2.02. The number of rotatable bonds is 4. The number of hydrogen-bond donors (Lipinski definition) is 1. The first-order valence-electron chi connectivity index (χ1n) is 4.72. The molecule has 0 aliphatic rings. The van der Waals surface area contributed by atoms with Gasteiger partial charge in [-0.3, -0.25) is 0 Å². The van der Waals surface area contributed by atoms with Crippen LogP contribution in [0, 0.1) is 0 Å². The van der Waals surface area contributed by atoms with E-state index in [1.807, 2.05) is 6.92 Å². The highest BCUT2D eigenvalue weighted by Crippen LogP contribution is 2.22. The van der Waals surface area contributed by atoms with Crippen molar-refractivity contribution in [2.75, 3.05) is 13.7 Å². The fourth-order valence-corrected chi connectivity index (χ4v) is 1.12. The second kappa shape index (κ2) is 5.24. The molecule has 0 saturated carbocycles. The lowest BCUT2D eigenvalue weighted by molar-refractivity contribution is 0.0599. The number of carbonyl (C=O) groups excluding carboxylic acids is 1. The first kappa shape index (κ1) is 11.4. The van der Waals surface area contributed by atoms with Gasteiger partial charge in [0.05, 0.1) is 19.3 Å². The average molecular weight is 210 g/mol. The van der Waals surface area contributed by atoms with Gasteiger partial charge in [-0.2, -0.15) is 0 Å². The van der Waals surface area contributed by atoms with Crippen molar-refractivity contribution in [1.82, 2.24) is 0 Å². The van der Waals surface area contributed by atoms with Crippen LogP contribution in [0.4, 0.5) is 0 Å². The van der Waals surface area contributed by atoms with Gasteiger partial charge in [-0.1, -0.05) is 6.92 Å². The summed E-state index contributed by atoms with van der Waals surface area (Å²) in [5, 5.41) is 9.35. The molecule has 1 N–H and O–H groups in total. The molecule has 0 aromatic heterocycles. The van der Waals surface area contributed by atoms with Crippen LogP contribution in [-0.2, 0) is 4.74 Å². The molecule has 0 heterocycles. The van der Waals surface area contributed by atoms with E-state index in [0.29, 0.717) is 12.4 Å². The summed E-state index contributed by atoms with van der Waals surface area (Å²) in [6, 6.07) is 4.34. The number of benzene rings is 1. The van der Waals surface area contributed by atoms with E-state index in [4.69, 9.17) is 4.74 Å². The van der Waals surface area contributed by atoms with Gasteiger partial charge in [0.1, 0.15) is 11.5 Å². The van der Waals surface area contributed by atoms with Gasteiger partial charge >= 0.3 is 5.97 Å². The number of hydrogen-bond acceptors (Lipinski definition) is 4. The molecule has 0 spiro atoms. The zero-order chi connectivity index (χ0) is 11.3. The number of ether oxygens (including phenoxy) is 2. The Morgan fingerprint density at radius 3 is 2.73 bits per heavy atom. The Labute approximate surface area is 88.4 Å². The van der Waals surface area contributed by atoms with Crippen LogP contribution >= 0.6 is 0 Å². The fraction of sp³-hybridized carbons (Fsp3) is 0.364. The van der Waals surface area contributed by atoms with Crippen LogP contribution in [0.15, 0.2) is 18.2 Å². The van der Waals surface area contributed by atoms with Crippen molar-refractivity contribution in [3.63, 3.8) is 0 Å². The molecule has 15 heavy (non-hydrogen) atoms. The van der Waals surface area contributed by atoms with Gasteiger partial charge in [-0.05, 0) is 18.6 Å². The zero-order valence-electron chi connectivity index (χ0n) is 8.82. The third-order valence-corrected chi connectivity index (χ3v) is 1.79. The van der Waals surface area contributed by atoms with Crippen LogP contribution in [-0.4, -0.2) is 24.8 Å². The lowest BCUT2D eigenvalue weighted by Gasteiger charge is -2.07. The minimum Gasteiger partial charge on any atom is -0.508 e. The predicted octanol–water partition coefficient (Wildman–Crippen LogP) is 1.97. The highest BCUT2D eigenvalue weighted by atomic mass is 16.5. The number of phenols is 1. The Kier molecular flexibility index (Phi) is 3.97. The molecule has 1 rings (SSSR count). The van der Waals surface area contributed by atoms with Crippen molar-refractivity contribution in [3.8, 4) is 11.5 Å². The SMILES string of the molecule is CCCOc1cc(O)cc(C(=O)OC)c1. The molecule has 0 amide bonds. The van der Waals surface area contributed by atoms with Crippen molar-refractivity contribution in [1.29, 1.82) is 0 Å². The largest absolute Gasteiger partial charge is 0.508 e. The first-order valence-corrected chi connectivity index (χ1v) is 4.72. The second-order valence-corrected chi connectivity index (χ2v) is 3.06. The summed E-state index contributed by atoms with van der Waals surface area (Å²) in [6.45, 7) is 2.52. The van der Waals surface area contributed by atoms with Gasteiger partial charge in [0, 0.05) is 6.07 Å². The van der Waals surface area contributed by atoms with Gasteiger partial charge in [0.2, 0.25) is 0 Å². The topological polar surface area (TPSA) is 55.8 Å². The molecule has 0 bridgehead atoms. The molecular formula is C11H14O4. The molecule has 0 saturated heterocycles. The molecule has 4 heteroatoms. The molecule has 0 aliphatic carbocycles. The minimum atomic E-state index is -0.493. The molecular weight excluding hydrogens is 196 g/mol. The molecule has 0 unspecified atom stereocenters. The maximum Gasteiger partial charge on any atom is 0.338 e. The summed E-state index contributed by atoms with van der Waals surface area (Å²) in [5.41, 5.74) is 0.281. The van der Waals surface area contributed by atoms with Gasteiger partial charge in [-0.25, -0.2) is 4.79 Å². The summed E-state index contributed by atoms with van der Waals surface area (Å²) in [6.07, 6.45) is 0.864. The molecule has 4 nitrogen and oxygen atoms in total. The number of phenolic OH excluding ortho intramolecular Hbond substituents is 1. The van der Waals surface area contributed by atoms with Gasteiger partial charge in [0.15, 0.2) is 0 Å². The van der Waals surface area contributed by atoms with E-state index in [-0.39, 0.29) is 11.3 Å². The van der Waals surface area contributed by atoms with Crippen LogP contribution in [0.3, 0.4) is 0 Å². The third-order valence-electron chi connectivity index (χ3n) is 1.79. The van der Waals surface area contributed by atoms with E-state index in [1.54, 1.807) is 6.07 Å².